The molecule has 18 heavy (non-hydrogen) atoms. The molecule has 1 aromatic rings. The van der Waals surface area contributed by atoms with Crippen molar-refractivity contribution < 1.29 is 9.53 Å². The number of pyridine rings is 1. The van der Waals surface area contributed by atoms with Crippen LogP contribution in [0.25, 0.3) is 0 Å². The molecule has 0 aromatic carbocycles. The second kappa shape index (κ2) is 5.98. The molecule has 0 bridgehead atoms. The van der Waals surface area contributed by atoms with Crippen molar-refractivity contribution in [2.45, 2.75) is 45.4 Å². The number of hydrogen-bond donors (Lipinski definition) is 0. The molecule has 2 unspecified atom stereocenters. The van der Waals surface area contributed by atoms with Crippen LogP contribution in [-0.4, -0.2) is 17.6 Å². The molecule has 3 heteroatoms. The number of aryl methyl sites for hydroxylation is 1. The number of nitrogens with zero attached hydrogens (tertiary/aromatic N) is 1. The number of carbonyl (C=O) groups is 1. The molecule has 0 spiro atoms. The third-order valence-corrected chi connectivity index (χ3v) is 3.68. The van der Waals surface area contributed by atoms with Crippen molar-refractivity contribution in [1.82, 2.24) is 4.98 Å². The van der Waals surface area contributed by atoms with Crippen LogP contribution in [0.15, 0.2) is 18.3 Å². The maximum atomic E-state index is 12.1. The fraction of sp³-hybridized carbons (Fsp3) is 0.600. The van der Waals surface area contributed by atoms with Crippen LogP contribution < -0.4 is 0 Å². The maximum Gasteiger partial charge on any atom is 0.309 e. The Morgan fingerprint density at radius 1 is 1.56 bits per heavy atom. The normalized spacial score (nSPS) is 19.3. The van der Waals surface area contributed by atoms with Crippen LogP contribution in [0.1, 0.15) is 50.3 Å². The van der Waals surface area contributed by atoms with Gasteiger partial charge in [0.2, 0.25) is 0 Å². The van der Waals surface area contributed by atoms with Crippen molar-refractivity contribution in [2.24, 2.45) is 5.92 Å². The van der Waals surface area contributed by atoms with E-state index in [0.29, 0.717) is 6.61 Å². The molecule has 1 aromatic heterocycles. The average molecular weight is 247 g/mol. The van der Waals surface area contributed by atoms with E-state index in [-0.39, 0.29) is 17.8 Å². The number of carbonyl (C=O) groups excluding carboxylic acids is 1. The van der Waals surface area contributed by atoms with Gasteiger partial charge in [0.1, 0.15) is 0 Å². The fourth-order valence-corrected chi connectivity index (χ4v) is 2.88. The molecule has 0 fully saturated rings. The topological polar surface area (TPSA) is 39.2 Å². The first kappa shape index (κ1) is 13.1. The number of ether oxygens (including phenoxy) is 1. The van der Waals surface area contributed by atoms with Crippen LogP contribution in [0, 0.1) is 5.92 Å². The first-order valence-corrected chi connectivity index (χ1v) is 6.88. The minimum absolute atomic E-state index is 0.0221. The van der Waals surface area contributed by atoms with Gasteiger partial charge in [-0.05, 0) is 37.8 Å². The summed E-state index contributed by atoms with van der Waals surface area (Å²) in [7, 11) is 0. The molecule has 98 valence electrons. The van der Waals surface area contributed by atoms with E-state index in [2.05, 4.69) is 18.0 Å². The van der Waals surface area contributed by atoms with Gasteiger partial charge in [-0.3, -0.25) is 9.78 Å². The van der Waals surface area contributed by atoms with Gasteiger partial charge in [-0.15, -0.1) is 0 Å². The Kier molecular flexibility index (Phi) is 4.34. The zero-order valence-corrected chi connectivity index (χ0v) is 11.2. The summed E-state index contributed by atoms with van der Waals surface area (Å²) in [6.07, 6.45) is 5.77. The van der Waals surface area contributed by atoms with Crippen molar-refractivity contribution >= 4 is 5.97 Å². The van der Waals surface area contributed by atoms with Crippen LogP contribution in [0.5, 0.6) is 0 Å². The summed E-state index contributed by atoms with van der Waals surface area (Å²) in [6, 6.07) is 4.09. The van der Waals surface area contributed by atoms with Crippen LogP contribution in [-0.2, 0) is 16.0 Å². The first-order valence-electron chi connectivity index (χ1n) is 6.88. The minimum atomic E-state index is -0.0529. The van der Waals surface area contributed by atoms with Gasteiger partial charge in [0.25, 0.3) is 0 Å². The quantitative estimate of drug-likeness (QED) is 0.750. The minimum Gasteiger partial charge on any atom is -0.466 e. The SMILES string of the molecule is CCCC(C(=O)OCC)C1CCc2cccnc21. The van der Waals surface area contributed by atoms with Crippen molar-refractivity contribution in [3.8, 4) is 0 Å². The van der Waals surface area contributed by atoms with Gasteiger partial charge < -0.3 is 4.74 Å². The molecule has 1 heterocycles. The largest absolute Gasteiger partial charge is 0.466 e. The van der Waals surface area contributed by atoms with E-state index in [0.717, 1.165) is 31.4 Å². The van der Waals surface area contributed by atoms with Crippen LogP contribution in [0.4, 0.5) is 0 Å². The standard InChI is InChI=1S/C15H21NO2/c1-3-6-13(15(17)18-4-2)12-9-8-11-7-5-10-16-14(11)12/h5,7,10,12-13H,3-4,6,8-9H2,1-2H3. The number of esters is 1. The summed E-state index contributed by atoms with van der Waals surface area (Å²) in [5, 5.41) is 0. The molecule has 1 aliphatic carbocycles. The van der Waals surface area contributed by atoms with Crippen molar-refractivity contribution in [1.29, 1.82) is 0 Å². The summed E-state index contributed by atoms with van der Waals surface area (Å²) < 4.78 is 5.22. The predicted molar refractivity (Wildman–Crippen MR) is 70.3 cm³/mol. The molecule has 2 rings (SSSR count). The van der Waals surface area contributed by atoms with Gasteiger partial charge in [0.05, 0.1) is 12.5 Å². The lowest BCUT2D eigenvalue weighted by molar-refractivity contribution is -0.149. The highest BCUT2D eigenvalue weighted by atomic mass is 16.5. The lowest BCUT2D eigenvalue weighted by atomic mass is 9.86. The Hall–Kier alpha value is -1.38. The summed E-state index contributed by atoms with van der Waals surface area (Å²) in [5.74, 6) is 0.175. The Bertz CT molecular complexity index is 417. The molecule has 0 aliphatic heterocycles. The molecule has 0 radical (unpaired) electrons. The third-order valence-electron chi connectivity index (χ3n) is 3.68. The third kappa shape index (κ3) is 2.55. The number of hydrogen-bond acceptors (Lipinski definition) is 3. The van der Waals surface area contributed by atoms with E-state index in [1.807, 2.05) is 19.2 Å². The van der Waals surface area contributed by atoms with Gasteiger partial charge in [0, 0.05) is 17.8 Å². The highest BCUT2D eigenvalue weighted by Gasteiger charge is 2.35. The van der Waals surface area contributed by atoms with Crippen LogP contribution in [0.2, 0.25) is 0 Å². The van der Waals surface area contributed by atoms with Gasteiger partial charge in [-0.25, -0.2) is 0 Å². The number of fused-ring (bicyclic) bond motifs is 1. The van der Waals surface area contributed by atoms with E-state index in [1.165, 1.54) is 5.56 Å². The van der Waals surface area contributed by atoms with Crippen molar-refractivity contribution in [3.05, 3.63) is 29.6 Å². The molecule has 1 aliphatic rings. The lowest BCUT2D eigenvalue weighted by Crippen LogP contribution is -2.24. The van der Waals surface area contributed by atoms with E-state index in [1.54, 1.807) is 0 Å². The van der Waals surface area contributed by atoms with E-state index >= 15 is 0 Å². The molecule has 0 saturated carbocycles. The monoisotopic (exact) mass is 247 g/mol. The lowest BCUT2D eigenvalue weighted by Gasteiger charge is -2.21. The fourth-order valence-electron chi connectivity index (χ4n) is 2.88. The highest BCUT2D eigenvalue weighted by Crippen LogP contribution is 2.39. The zero-order valence-electron chi connectivity index (χ0n) is 11.2. The zero-order chi connectivity index (χ0) is 13.0. The Labute approximate surface area is 109 Å². The Morgan fingerprint density at radius 2 is 2.39 bits per heavy atom. The van der Waals surface area contributed by atoms with Crippen molar-refractivity contribution in [3.63, 3.8) is 0 Å². The number of rotatable bonds is 5. The van der Waals surface area contributed by atoms with E-state index in [9.17, 15) is 4.79 Å². The summed E-state index contributed by atoms with van der Waals surface area (Å²) in [6.45, 7) is 4.43. The molecule has 0 saturated heterocycles. The van der Waals surface area contributed by atoms with Gasteiger partial charge in [-0.2, -0.15) is 0 Å². The second-order valence-electron chi connectivity index (χ2n) is 4.84. The first-order chi connectivity index (χ1) is 8.77. The van der Waals surface area contributed by atoms with Crippen LogP contribution >= 0.6 is 0 Å². The molecule has 2 atom stereocenters. The summed E-state index contributed by atoms with van der Waals surface area (Å²) in [4.78, 5) is 16.6. The predicted octanol–water partition coefficient (Wildman–Crippen LogP) is 3.09. The van der Waals surface area contributed by atoms with E-state index < -0.39 is 0 Å². The molecular formula is C15H21NO2. The summed E-state index contributed by atoms with van der Waals surface area (Å²) in [5.41, 5.74) is 2.41. The molecular weight excluding hydrogens is 226 g/mol. The van der Waals surface area contributed by atoms with Crippen LogP contribution in [0.3, 0.4) is 0 Å². The summed E-state index contributed by atoms with van der Waals surface area (Å²) >= 11 is 0. The van der Waals surface area contributed by atoms with Gasteiger partial charge in [0.15, 0.2) is 0 Å². The van der Waals surface area contributed by atoms with Crippen molar-refractivity contribution in [2.75, 3.05) is 6.61 Å². The molecule has 0 amide bonds. The second-order valence-corrected chi connectivity index (χ2v) is 4.84. The highest BCUT2D eigenvalue weighted by molar-refractivity contribution is 5.74. The van der Waals surface area contributed by atoms with E-state index in [4.69, 9.17) is 4.74 Å². The Balaban J connectivity index is 2.20. The molecule has 3 nitrogen and oxygen atoms in total. The maximum absolute atomic E-state index is 12.1. The van der Waals surface area contributed by atoms with Gasteiger partial charge in [-0.1, -0.05) is 19.4 Å². The van der Waals surface area contributed by atoms with Gasteiger partial charge >= 0.3 is 5.97 Å². The number of aromatic nitrogens is 1. The smallest absolute Gasteiger partial charge is 0.309 e. The average Bonchev–Trinajstić information content (AvgIpc) is 2.80. The molecule has 0 N–H and O–H groups in total. The Morgan fingerprint density at radius 3 is 3.11 bits per heavy atom.